The molecule has 0 radical (unpaired) electrons. The number of urea groups is 1. The third-order valence-corrected chi connectivity index (χ3v) is 3.72. The standard InChI is InChI=1S/C21H27FN4O3/c1-21(2,3)29-20(28)26(15-16-7-5-10-23-14-16)12-6-11-24-19(27)25-18-9-4-8-17(22)13-18/h4-5,7-10,13-14H,6,11-12,15H2,1-3H3,(H2,24,25,27). The van der Waals surface area contributed by atoms with Crippen LogP contribution >= 0.6 is 0 Å². The number of anilines is 1. The number of nitrogens with zero attached hydrogens (tertiary/aromatic N) is 2. The van der Waals surface area contributed by atoms with E-state index >= 15 is 0 Å². The van der Waals surface area contributed by atoms with Gasteiger partial charge in [-0.2, -0.15) is 0 Å². The topological polar surface area (TPSA) is 83.6 Å². The Hall–Kier alpha value is -3.16. The van der Waals surface area contributed by atoms with Gasteiger partial charge in [-0.1, -0.05) is 12.1 Å². The van der Waals surface area contributed by atoms with Crippen molar-refractivity contribution < 1.29 is 18.7 Å². The highest BCUT2D eigenvalue weighted by Gasteiger charge is 2.22. The number of pyridine rings is 1. The second kappa shape index (κ2) is 10.4. The second-order valence-electron chi connectivity index (χ2n) is 7.51. The number of hydrogen-bond donors (Lipinski definition) is 2. The Morgan fingerprint density at radius 2 is 2.00 bits per heavy atom. The van der Waals surface area contributed by atoms with Crippen molar-refractivity contribution in [2.24, 2.45) is 0 Å². The third kappa shape index (κ3) is 8.59. The van der Waals surface area contributed by atoms with E-state index in [9.17, 15) is 14.0 Å². The zero-order chi connectivity index (χ0) is 21.3. The van der Waals surface area contributed by atoms with Gasteiger partial charge < -0.3 is 20.3 Å². The first-order valence-electron chi connectivity index (χ1n) is 9.40. The molecule has 29 heavy (non-hydrogen) atoms. The fourth-order valence-corrected chi connectivity index (χ4v) is 2.49. The minimum absolute atomic E-state index is 0.341. The molecule has 156 valence electrons. The molecule has 0 saturated heterocycles. The second-order valence-corrected chi connectivity index (χ2v) is 7.51. The first-order chi connectivity index (χ1) is 13.7. The lowest BCUT2D eigenvalue weighted by Crippen LogP contribution is -2.38. The number of halogens is 1. The average molecular weight is 402 g/mol. The van der Waals surface area contributed by atoms with Gasteiger partial charge in [-0.25, -0.2) is 14.0 Å². The lowest BCUT2D eigenvalue weighted by Gasteiger charge is -2.27. The first kappa shape index (κ1) is 22.1. The van der Waals surface area contributed by atoms with E-state index in [0.29, 0.717) is 31.7 Å². The molecule has 1 aromatic heterocycles. The maximum absolute atomic E-state index is 13.2. The summed E-state index contributed by atoms with van der Waals surface area (Å²) in [5.41, 5.74) is 0.650. The Balaban J connectivity index is 1.84. The number of carbonyl (C=O) groups excluding carboxylic acids is 2. The molecule has 0 aliphatic rings. The number of carbonyl (C=O) groups is 2. The van der Waals surface area contributed by atoms with Crippen LogP contribution in [-0.2, 0) is 11.3 Å². The summed E-state index contributed by atoms with van der Waals surface area (Å²) < 4.78 is 18.6. The molecule has 0 saturated carbocycles. The van der Waals surface area contributed by atoms with Crippen molar-refractivity contribution >= 4 is 17.8 Å². The summed E-state index contributed by atoms with van der Waals surface area (Å²) in [4.78, 5) is 30.1. The quantitative estimate of drug-likeness (QED) is 0.681. The van der Waals surface area contributed by atoms with Crippen LogP contribution in [0.1, 0.15) is 32.8 Å². The molecule has 0 aliphatic heterocycles. The Morgan fingerprint density at radius 1 is 1.21 bits per heavy atom. The van der Waals surface area contributed by atoms with E-state index in [1.165, 1.54) is 18.2 Å². The molecule has 0 aliphatic carbocycles. The minimum Gasteiger partial charge on any atom is -0.444 e. The van der Waals surface area contributed by atoms with E-state index in [2.05, 4.69) is 15.6 Å². The maximum atomic E-state index is 13.2. The van der Waals surface area contributed by atoms with Gasteiger partial charge in [-0.3, -0.25) is 4.98 Å². The smallest absolute Gasteiger partial charge is 0.410 e. The van der Waals surface area contributed by atoms with E-state index in [0.717, 1.165) is 5.56 Å². The Bertz CT molecular complexity index is 809. The number of ether oxygens (including phenoxy) is 1. The fraction of sp³-hybridized carbons (Fsp3) is 0.381. The first-order valence-corrected chi connectivity index (χ1v) is 9.40. The summed E-state index contributed by atoms with van der Waals surface area (Å²) in [7, 11) is 0. The summed E-state index contributed by atoms with van der Waals surface area (Å²) in [5.74, 6) is -0.425. The molecule has 0 fully saturated rings. The molecule has 0 spiro atoms. The van der Waals surface area contributed by atoms with Crippen LogP contribution in [0.5, 0.6) is 0 Å². The van der Waals surface area contributed by atoms with Gasteiger partial charge in [0.15, 0.2) is 0 Å². The van der Waals surface area contributed by atoms with E-state index in [-0.39, 0.29) is 0 Å². The van der Waals surface area contributed by atoms with E-state index < -0.39 is 23.5 Å². The van der Waals surface area contributed by atoms with Crippen LogP contribution in [0.25, 0.3) is 0 Å². The van der Waals surface area contributed by atoms with Gasteiger partial charge in [-0.15, -0.1) is 0 Å². The monoisotopic (exact) mass is 402 g/mol. The van der Waals surface area contributed by atoms with Crippen molar-refractivity contribution in [3.8, 4) is 0 Å². The van der Waals surface area contributed by atoms with Gasteiger partial charge >= 0.3 is 12.1 Å². The lowest BCUT2D eigenvalue weighted by molar-refractivity contribution is 0.0232. The molecule has 0 bridgehead atoms. The van der Waals surface area contributed by atoms with Crippen molar-refractivity contribution in [1.29, 1.82) is 0 Å². The minimum atomic E-state index is -0.604. The molecule has 7 nitrogen and oxygen atoms in total. The van der Waals surface area contributed by atoms with E-state index in [4.69, 9.17) is 4.74 Å². The van der Waals surface area contributed by atoms with Gasteiger partial charge in [0.25, 0.3) is 0 Å². The van der Waals surface area contributed by atoms with Crippen molar-refractivity contribution in [3.05, 3.63) is 60.2 Å². The molecule has 2 aromatic rings. The Kier molecular flexibility index (Phi) is 7.94. The van der Waals surface area contributed by atoms with Crippen LogP contribution in [0.4, 0.5) is 19.7 Å². The van der Waals surface area contributed by atoms with Crippen LogP contribution in [0.15, 0.2) is 48.8 Å². The highest BCUT2D eigenvalue weighted by molar-refractivity contribution is 5.89. The molecule has 8 heteroatoms. The van der Waals surface area contributed by atoms with Crippen molar-refractivity contribution in [1.82, 2.24) is 15.2 Å². The third-order valence-electron chi connectivity index (χ3n) is 3.72. The average Bonchev–Trinajstić information content (AvgIpc) is 2.63. The lowest BCUT2D eigenvalue weighted by atomic mass is 10.2. The molecule has 2 rings (SSSR count). The van der Waals surface area contributed by atoms with Crippen LogP contribution in [0.3, 0.4) is 0 Å². The normalized spacial score (nSPS) is 10.9. The number of hydrogen-bond acceptors (Lipinski definition) is 4. The molecular formula is C21H27FN4O3. The fourth-order valence-electron chi connectivity index (χ4n) is 2.49. The predicted molar refractivity (Wildman–Crippen MR) is 109 cm³/mol. The molecule has 0 unspecified atom stereocenters. The van der Waals surface area contributed by atoms with Gasteiger partial charge in [0.1, 0.15) is 11.4 Å². The predicted octanol–water partition coefficient (Wildman–Crippen LogP) is 4.17. The number of aromatic nitrogens is 1. The number of benzene rings is 1. The van der Waals surface area contributed by atoms with E-state index in [1.54, 1.807) is 29.4 Å². The maximum Gasteiger partial charge on any atom is 0.410 e. The summed E-state index contributed by atoms with van der Waals surface area (Å²) in [6.45, 7) is 6.53. The van der Waals surface area contributed by atoms with Gasteiger partial charge in [0.05, 0.1) is 6.54 Å². The summed E-state index contributed by atoms with van der Waals surface area (Å²) in [6.07, 6.45) is 3.46. The van der Waals surface area contributed by atoms with Gasteiger partial charge in [-0.05, 0) is 57.0 Å². The summed E-state index contributed by atoms with van der Waals surface area (Å²) in [5, 5.41) is 5.25. The molecule has 1 aromatic carbocycles. The van der Waals surface area contributed by atoms with Crippen LogP contribution < -0.4 is 10.6 Å². The van der Waals surface area contributed by atoms with Crippen LogP contribution in [0.2, 0.25) is 0 Å². The van der Waals surface area contributed by atoms with Crippen molar-refractivity contribution in [2.75, 3.05) is 18.4 Å². The van der Waals surface area contributed by atoms with Gasteiger partial charge in [0, 0.05) is 31.2 Å². The largest absolute Gasteiger partial charge is 0.444 e. The molecule has 2 N–H and O–H groups in total. The SMILES string of the molecule is CC(C)(C)OC(=O)N(CCCNC(=O)Nc1cccc(F)c1)Cc1cccnc1. The summed E-state index contributed by atoms with van der Waals surface area (Å²) >= 11 is 0. The Labute approximate surface area is 170 Å². The van der Waals surface area contributed by atoms with Crippen LogP contribution in [0, 0.1) is 5.82 Å². The van der Waals surface area contributed by atoms with Crippen LogP contribution in [-0.4, -0.2) is 40.7 Å². The molecule has 3 amide bonds. The zero-order valence-corrected chi connectivity index (χ0v) is 16.9. The number of rotatable bonds is 7. The highest BCUT2D eigenvalue weighted by Crippen LogP contribution is 2.13. The van der Waals surface area contributed by atoms with Crippen molar-refractivity contribution in [2.45, 2.75) is 39.3 Å². The summed E-state index contributed by atoms with van der Waals surface area (Å²) in [6, 6.07) is 8.90. The van der Waals surface area contributed by atoms with Crippen molar-refractivity contribution in [3.63, 3.8) is 0 Å². The Morgan fingerprint density at radius 3 is 2.66 bits per heavy atom. The zero-order valence-electron chi connectivity index (χ0n) is 16.9. The number of nitrogens with one attached hydrogen (secondary N) is 2. The molecular weight excluding hydrogens is 375 g/mol. The highest BCUT2D eigenvalue weighted by atomic mass is 19.1. The van der Waals surface area contributed by atoms with Gasteiger partial charge in [0.2, 0.25) is 0 Å². The van der Waals surface area contributed by atoms with E-state index in [1.807, 2.05) is 26.8 Å². The number of amides is 3. The molecule has 0 atom stereocenters. The molecule has 1 heterocycles.